The lowest BCUT2D eigenvalue weighted by molar-refractivity contribution is -0.135. The Hall–Kier alpha value is -5.65. The van der Waals surface area contributed by atoms with Crippen molar-refractivity contribution in [1.29, 1.82) is 0 Å². The van der Waals surface area contributed by atoms with E-state index in [1.54, 1.807) is 0 Å². The molecule has 5 atom stereocenters. The monoisotopic (exact) mass is 757 g/mol. The number of imidazole rings is 2. The van der Waals surface area contributed by atoms with E-state index in [-0.39, 0.29) is 36.0 Å². The van der Waals surface area contributed by atoms with Gasteiger partial charge in [-0.3, -0.25) is 9.69 Å². The first-order valence-corrected chi connectivity index (χ1v) is 19.8. The second-order valence-electron chi connectivity index (χ2n) is 16.8. The molecule has 5 aromatic rings. The van der Waals surface area contributed by atoms with Gasteiger partial charge in [-0.15, -0.1) is 0 Å². The zero-order valence-electron chi connectivity index (χ0n) is 33.0. The molecule has 4 heterocycles. The van der Waals surface area contributed by atoms with Crippen molar-refractivity contribution in [3.8, 4) is 33.6 Å². The summed E-state index contributed by atoms with van der Waals surface area (Å²) in [5.41, 5.74) is 5.53. The Labute approximate surface area is 327 Å². The lowest BCUT2D eigenvalue weighted by Gasteiger charge is -2.35. The van der Waals surface area contributed by atoms with E-state index in [0.717, 1.165) is 88.2 Å². The number of fused-ring (bicyclic) bond motifs is 3. The van der Waals surface area contributed by atoms with Crippen molar-refractivity contribution in [2.24, 2.45) is 11.8 Å². The van der Waals surface area contributed by atoms with Crippen LogP contribution in [0.15, 0.2) is 73.1 Å². The highest BCUT2D eigenvalue weighted by Crippen LogP contribution is 2.50. The number of alkyl carbamates (subject to hydrolysis) is 1. The Morgan fingerprint density at radius 2 is 1.45 bits per heavy atom. The molecule has 2 bridgehead atoms. The quantitative estimate of drug-likeness (QED) is 0.143. The molecule has 0 spiro atoms. The molecule has 1 saturated carbocycles. The third kappa shape index (κ3) is 7.24. The summed E-state index contributed by atoms with van der Waals surface area (Å²) in [5.74, 6) is 1.72. The molecule has 3 amide bonds. The van der Waals surface area contributed by atoms with Gasteiger partial charge in [0.25, 0.3) is 0 Å². The number of carbonyl (C=O) groups excluding carboxylic acids is 3. The first kappa shape index (κ1) is 37.3. The number of carbonyl (C=O) groups is 3. The molecular formula is C44H51N7O5. The van der Waals surface area contributed by atoms with E-state index in [0.29, 0.717) is 12.5 Å². The number of H-pyrrole nitrogens is 2. The average Bonchev–Trinajstić information content (AvgIpc) is 4.04. The molecule has 292 valence electrons. The van der Waals surface area contributed by atoms with Crippen molar-refractivity contribution >= 4 is 28.9 Å². The van der Waals surface area contributed by atoms with Gasteiger partial charge in [-0.25, -0.2) is 19.6 Å². The normalized spacial score (nSPS) is 21.2. The summed E-state index contributed by atoms with van der Waals surface area (Å²) in [4.78, 5) is 59.0. The van der Waals surface area contributed by atoms with Crippen LogP contribution in [0.1, 0.15) is 90.5 Å². The molecule has 3 N–H and O–H groups in total. The Morgan fingerprint density at radius 1 is 0.821 bits per heavy atom. The minimum absolute atomic E-state index is 0.0963. The van der Waals surface area contributed by atoms with Crippen LogP contribution in [0.4, 0.5) is 9.59 Å². The third-order valence-corrected chi connectivity index (χ3v) is 11.6. The fraction of sp³-hybridized carbons (Fsp3) is 0.432. The van der Waals surface area contributed by atoms with E-state index < -0.39 is 17.7 Å². The van der Waals surface area contributed by atoms with Gasteiger partial charge in [0.05, 0.1) is 43.0 Å². The molecule has 2 aromatic heterocycles. The van der Waals surface area contributed by atoms with Gasteiger partial charge >= 0.3 is 12.2 Å². The second kappa shape index (κ2) is 14.8. The highest BCUT2D eigenvalue weighted by Gasteiger charge is 2.51. The maximum absolute atomic E-state index is 13.6. The van der Waals surface area contributed by atoms with Gasteiger partial charge in [0.2, 0.25) is 5.91 Å². The fourth-order valence-corrected chi connectivity index (χ4v) is 8.83. The van der Waals surface area contributed by atoms with Crippen LogP contribution in [0, 0.1) is 11.8 Å². The zero-order valence-corrected chi connectivity index (χ0v) is 33.0. The molecule has 1 aliphatic carbocycles. The van der Waals surface area contributed by atoms with Crippen molar-refractivity contribution in [2.75, 3.05) is 13.7 Å². The first-order chi connectivity index (χ1) is 26.9. The summed E-state index contributed by atoms with van der Waals surface area (Å²) in [6.45, 7) is 10.1. The maximum Gasteiger partial charge on any atom is 0.411 e. The van der Waals surface area contributed by atoms with E-state index in [1.165, 1.54) is 7.11 Å². The summed E-state index contributed by atoms with van der Waals surface area (Å²) < 4.78 is 10.6. The van der Waals surface area contributed by atoms with Crippen molar-refractivity contribution in [2.45, 2.75) is 96.5 Å². The van der Waals surface area contributed by atoms with Crippen LogP contribution < -0.4 is 5.32 Å². The van der Waals surface area contributed by atoms with Crippen LogP contribution in [0.2, 0.25) is 0 Å². The zero-order chi connectivity index (χ0) is 39.3. The highest BCUT2D eigenvalue weighted by atomic mass is 16.6. The number of aromatic amines is 2. The minimum Gasteiger partial charge on any atom is -0.453 e. The number of amides is 3. The van der Waals surface area contributed by atoms with E-state index >= 15 is 0 Å². The summed E-state index contributed by atoms with van der Waals surface area (Å²) in [6.07, 6.45) is 7.59. The third-order valence-electron chi connectivity index (χ3n) is 11.6. The van der Waals surface area contributed by atoms with Crippen LogP contribution in [-0.2, 0) is 14.3 Å². The Bertz CT molecular complexity index is 2250. The molecule has 8 rings (SSSR count). The molecule has 12 heteroatoms. The highest BCUT2D eigenvalue weighted by molar-refractivity contribution is 5.91. The number of aromatic nitrogens is 4. The molecule has 2 aliphatic heterocycles. The predicted molar refractivity (Wildman–Crippen MR) is 214 cm³/mol. The number of piperidine rings is 1. The van der Waals surface area contributed by atoms with Gasteiger partial charge < -0.3 is 29.7 Å². The lowest BCUT2D eigenvalue weighted by Crippen LogP contribution is -2.51. The lowest BCUT2D eigenvalue weighted by atomic mass is 9.98. The predicted octanol–water partition coefficient (Wildman–Crippen LogP) is 8.79. The number of ether oxygens (including phenoxy) is 2. The van der Waals surface area contributed by atoms with Gasteiger partial charge in [0.15, 0.2) is 0 Å². The van der Waals surface area contributed by atoms with Gasteiger partial charge in [-0.1, -0.05) is 62.4 Å². The van der Waals surface area contributed by atoms with Crippen molar-refractivity contribution in [3.05, 3.63) is 84.7 Å². The number of methoxy groups -OCH3 is 1. The van der Waals surface area contributed by atoms with Gasteiger partial charge in [0, 0.05) is 18.2 Å². The van der Waals surface area contributed by atoms with E-state index in [1.807, 2.05) is 56.8 Å². The largest absolute Gasteiger partial charge is 0.453 e. The molecule has 3 fully saturated rings. The molecule has 0 unspecified atom stereocenters. The number of hydrogen-bond acceptors (Lipinski definition) is 7. The van der Waals surface area contributed by atoms with Gasteiger partial charge in [0.1, 0.15) is 23.3 Å². The standard InChI is InChI=1S/C44H51N7O5/c1-25(2)37(49-42(53)55-6)41(52)50-19-7-8-36(50)39-45-24-35(47-39)31-16-15-29-20-28(13-14-30(29)21-31)26-9-11-27(12-10-26)34-23-46-40(48-34)38-32-17-18-33(22-32)51(38)43(54)56-44(3,4)5/h9-16,20-21,23-25,32-33,36-38H,7-8,17-19,22H2,1-6H3,(H,45,47)(H,46,48)(H,49,53)/t32-,33+,36-,37-,38-/m0/s1. The Kier molecular flexibility index (Phi) is 9.84. The summed E-state index contributed by atoms with van der Waals surface area (Å²) in [7, 11) is 1.30. The number of hydrogen-bond donors (Lipinski definition) is 3. The van der Waals surface area contributed by atoms with Gasteiger partial charge in [-0.05, 0) is 104 Å². The number of rotatable bonds is 8. The summed E-state index contributed by atoms with van der Waals surface area (Å²) in [6, 6.07) is 20.6. The van der Waals surface area contributed by atoms with Crippen molar-refractivity contribution in [1.82, 2.24) is 35.1 Å². The second-order valence-corrected chi connectivity index (χ2v) is 16.8. The topological polar surface area (TPSA) is 146 Å². The smallest absolute Gasteiger partial charge is 0.411 e. The van der Waals surface area contributed by atoms with Gasteiger partial charge in [-0.2, -0.15) is 0 Å². The van der Waals surface area contributed by atoms with E-state index in [9.17, 15) is 14.4 Å². The summed E-state index contributed by atoms with van der Waals surface area (Å²) >= 11 is 0. The maximum atomic E-state index is 13.6. The minimum atomic E-state index is -0.679. The van der Waals surface area contributed by atoms with E-state index in [2.05, 4.69) is 75.9 Å². The van der Waals surface area contributed by atoms with Crippen LogP contribution >= 0.6 is 0 Å². The number of nitrogens with one attached hydrogen (secondary N) is 3. The number of benzene rings is 3. The van der Waals surface area contributed by atoms with Crippen LogP contribution in [0.5, 0.6) is 0 Å². The number of likely N-dealkylation sites (tertiary alicyclic amines) is 2. The molecule has 56 heavy (non-hydrogen) atoms. The fourth-order valence-electron chi connectivity index (χ4n) is 8.83. The van der Waals surface area contributed by atoms with Crippen molar-refractivity contribution < 1.29 is 23.9 Å². The number of nitrogens with zero attached hydrogens (tertiary/aromatic N) is 4. The van der Waals surface area contributed by atoms with Crippen LogP contribution in [0.25, 0.3) is 44.4 Å². The Morgan fingerprint density at radius 3 is 2.14 bits per heavy atom. The van der Waals surface area contributed by atoms with Crippen LogP contribution in [-0.4, -0.2) is 79.2 Å². The average molecular weight is 758 g/mol. The molecule has 12 nitrogen and oxygen atoms in total. The molecule has 2 saturated heterocycles. The van der Waals surface area contributed by atoms with E-state index in [4.69, 9.17) is 19.4 Å². The SMILES string of the molecule is COC(=O)N[C@H](C(=O)N1CCC[C@H]1c1ncc(-c2ccc3cc(-c4ccc(-c5cnc([C@@H]6[C@H]7CC[C@H](C7)N6C(=O)OC(C)(C)C)[nH]5)cc4)ccc3c2)[nH]1)C(C)C. The first-order valence-electron chi connectivity index (χ1n) is 19.8. The molecule has 0 radical (unpaired) electrons. The molecule has 3 aliphatic rings. The Balaban J connectivity index is 0.955. The molecule has 3 aromatic carbocycles. The van der Waals surface area contributed by atoms with Crippen molar-refractivity contribution in [3.63, 3.8) is 0 Å². The summed E-state index contributed by atoms with van der Waals surface area (Å²) in [5, 5.41) is 4.94. The molecular weight excluding hydrogens is 707 g/mol. The van der Waals surface area contributed by atoms with Crippen LogP contribution in [0.3, 0.4) is 0 Å².